The summed E-state index contributed by atoms with van der Waals surface area (Å²) in [5.74, 6) is 1.25. The Kier molecular flexibility index (Phi) is 7.30. The van der Waals surface area contributed by atoms with E-state index < -0.39 is 0 Å². The summed E-state index contributed by atoms with van der Waals surface area (Å²) in [5.41, 5.74) is 3.73. The predicted octanol–water partition coefficient (Wildman–Crippen LogP) is 3.30. The maximum absolute atomic E-state index is 5.13. The lowest BCUT2D eigenvalue weighted by Crippen LogP contribution is -2.38. The molecule has 0 amide bonds. The molecule has 0 radical (unpaired) electrons. The zero-order valence-electron chi connectivity index (χ0n) is 14.8. The van der Waals surface area contributed by atoms with Crippen molar-refractivity contribution in [1.82, 2.24) is 10.6 Å². The smallest absolute Gasteiger partial charge is 0.191 e. The Morgan fingerprint density at radius 1 is 1.00 bits per heavy atom. The molecular weight excluding hydrogens is 298 g/mol. The largest absolute Gasteiger partial charge is 0.380 e. The van der Waals surface area contributed by atoms with E-state index in [1.807, 2.05) is 6.07 Å². The summed E-state index contributed by atoms with van der Waals surface area (Å²) in [6.07, 6.45) is 0. The van der Waals surface area contributed by atoms with E-state index >= 15 is 0 Å². The molecule has 0 aliphatic heterocycles. The summed E-state index contributed by atoms with van der Waals surface area (Å²) in [5, 5.41) is 6.74. The van der Waals surface area contributed by atoms with Crippen LogP contribution in [0.2, 0.25) is 0 Å². The zero-order chi connectivity index (χ0) is 17.2. The molecule has 24 heavy (non-hydrogen) atoms. The van der Waals surface area contributed by atoms with Gasteiger partial charge >= 0.3 is 0 Å². The molecule has 0 saturated carbocycles. The molecule has 4 heteroatoms. The highest BCUT2D eigenvalue weighted by Gasteiger charge is 2.06. The number of ether oxygens (including phenoxy) is 1. The monoisotopic (exact) mass is 325 g/mol. The lowest BCUT2D eigenvalue weighted by atomic mass is 10.0. The number of nitrogens with one attached hydrogen (secondary N) is 2. The fraction of sp³-hybridized carbons (Fsp3) is 0.350. The number of hydrogen-bond donors (Lipinski definition) is 2. The molecule has 4 nitrogen and oxygen atoms in total. The number of rotatable bonds is 7. The first-order valence-corrected chi connectivity index (χ1v) is 8.29. The summed E-state index contributed by atoms with van der Waals surface area (Å²) >= 11 is 0. The molecule has 1 atom stereocenters. The van der Waals surface area contributed by atoms with Crippen molar-refractivity contribution in [2.75, 3.05) is 20.7 Å². The van der Waals surface area contributed by atoms with Crippen molar-refractivity contribution in [2.24, 2.45) is 4.99 Å². The van der Waals surface area contributed by atoms with Crippen LogP contribution in [0.25, 0.3) is 0 Å². The van der Waals surface area contributed by atoms with Gasteiger partial charge in [0, 0.05) is 27.2 Å². The molecule has 0 aliphatic carbocycles. The van der Waals surface area contributed by atoms with Crippen LogP contribution in [0.4, 0.5) is 0 Å². The number of guanidine groups is 1. The third-order valence-corrected chi connectivity index (χ3v) is 3.96. The Balaban J connectivity index is 1.80. The highest BCUT2D eigenvalue weighted by atomic mass is 16.5. The molecule has 0 spiro atoms. The molecular formula is C20H27N3O. The molecule has 2 aromatic rings. The van der Waals surface area contributed by atoms with Gasteiger partial charge in [0.25, 0.3) is 0 Å². The van der Waals surface area contributed by atoms with Crippen LogP contribution in [0, 0.1) is 0 Å². The fourth-order valence-corrected chi connectivity index (χ4v) is 2.48. The molecule has 0 bridgehead atoms. The van der Waals surface area contributed by atoms with Gasteiger partial charge in [0.2, 0.25) is 0 Å². The van der Waals surface area contributed by atoms with Gasteiger partial charge in [0.15, 0.2) is 5.96 Å². The SMILES string of the molecule is CN=C(NCc1ccc(COC)cc1)NCC(C)c1ccccc1. The number of hydrogen-bond acceptors (Lipinski definition) is 2. The van der Waals surface area contributed by atoms with E-state index in [4.69, 9.17) is 4.74 Å². The number of nitrogens with zero attached hydrogens (tertiary/aromatic N) is 1. The van der Waals surface area contributed by atoms with Gasteiger partial charge in [-0.15, -0.1) is 0 Å². The molecule has 1 unspecified atom stereocenters. The van der Waals surface area contributed by atoms with Crippen molar-refractivity contribution in [2.45, 2.75) is 26.0 Å². The minimum atomic E-state index is 0.429. The highest BCUT2D eigenvalue weighted by Crippen LogP contribution is 2.12. The van der Waals surface area contributed by atoms with E-state index in [2.05, 4.69) is 71.1 Å². The topological polar surface area (TPSA) is 45.7 Å². The van der Waals surface area contributed by atoms with E-state index in [1.165, 1.54) is 16.7 Å². The normalized spacial score (nSPS) is 12.7. The van der Waals surface area contributed by atoms with Crippen LogP contribution in [0.1, 0.15) is 29.5 Å². The van der Waals surface area contributed by atoms with Crippen molar-refractivity contribution in [3.05, 3.63) is 71.3 Å². The first kappa shape index (κ1) is 18.0. The Morgan fingerprint density at radius 2 is 1.67 bits per heavy atom. The van der Waals surface area contributed by atoms with E-state index in [-0.39, 0.29) is 0 Å². The summed E-state index contributed by atoms with van der Waals surface area (Å²) in [7, 11) is 3.51. The van der Waals surface area contributed by atoms with Crippen molar-refractivity contribution in [1.29, 1.82) is 0 Å². The van der Waals surface area contributed by atoms with Crippen molar-refractivity contribution in [3.63, 3.8) is 0 Å². The van der Waals surface area contributed by atoms with Crippen molar-refractivity contribution >= 4 is 5.96 Å². The number of benzene rings is 2. The maximum Gasteiger partial charge on any atom is 0.191 e. The lowest BCUT2D eigenvalue weighted by molar-refractivity contribution is 0.185. The minimum absolute atomic E-state index is 0.429. The number of methoxy groups -OCH3 is 1. The van der Waals surface area contributed by atoms with Gasteiger partial charge in [-0.3, -0.25) is 4.99 Å². The second kappa shape index (κ2) is 9.73. The molecule has 0 aliphatic rings. The second-order valence-corrected chi connectivity index (χ2v) is 5.87. The van der Waals surface area contributed by atoms with Crippen LogP contribution >= 0.6 is 0 Å². The van der Waals surface area contributed by atoms with Gasteiger partial charge in [0.05, 0.1) is 6.61 Å². The predicted molar refractivity (Wildman–Crippen MR) is 100 cm³/mol. The lowest BCUT2D eigenvalue weighted by Gasteiger charge is -2.16. The van der Waals surface area contributed by atoms with Crippen LogP contribution in [0.5, 0.6) is 0 Å². The van der Waals surface area contributed by atoms with E-state index in [0.29, 0.717) is 12.5 Å². The van der Waals surface area contributed by atoms with E-state index in [1.54, 1.807) is 14.2 Å². The maximum atomic E-state index is 5.13. The Morgan fingerprint density at radius 3 is 2.29 bits per heavy atom. The Bertz CT molecular complexity index is 623. The van der Waals surface area contributed by atoms with E-state index in [9.17, 15) is 0 Å². The third-order valence-electron chi connectivity index (χ3n) is 3.96. The van der Waals surface area contributed by atoms with Crippen LogP contribution in [-0.4, -0.2) is 26.7 Å². The Labute approximate surface area is 145 Å². The van der Waals surface area contributed by atoms with Crippen molar-refractivity contribution < 1.29 is 4.74 Å². The summed E-state index contributed by atoms with van der Waals surface area (Å²) < 4.78 is 5.13. The van der Waals surface area contributed by atoms with Crippen LogP contribution in [0.3, 0.4) is 0 Å². The molecule has 2 rings (SSSR count). The van der Waals surface area contributed by atoms with Gasteiger partial charge in [-0.25, -0.2) is 0 Å². The molecule has 0 saturated heterocycles. The molecule has 0 fully saturated rings. The molecule has 0 aromatic heterocycles. The summed E-state index contributed by atoms with van der Waals surface area (Å²) in [4.78, 5) is 4.29. The molecule has 2 N–H and O–H groups in total. The van der Waals surface area contributed by atoms with Crippen molar-refractivity contribution in [3.8, 4) is 0 Å². The van der Waals surface area contributed by atoms with Gasteiger partial charge in [0.1, 0.15) is 0 Å². The number of aliphatic imine (C=N–C) groups is 1. The second-order valence-electron chi connectivity index (χ2n) is 5.87. The van der Waals surface area contributed by atoms with Gasteiger partial charge in [-0.05, 0) is 22.6 Å². The molecule has 2 aromatic carbocycles. The van der Waals surface area contributed by atoms with Crippen LogP contribution < -0.4 is 10.6 Å². The van der Waals surface area contributed by atoms with Crippen LogP contribution in [-0.2, 0) is 17.9 Å². The Hall–Kier alpha value is -2.33. The van der Waals surface area contributed by atoms with Gasteiger partial charge in [-0.2, -0.15) is 0 Å². The first-order valence-electron chi connectivity index (χ1n) is 8.29. The van der Waals surface area contributed by atoms with Crippen LogP contribution in [0.15, 0.2) is 59.6 Å². The molecule has 128 valence electrons. The average molecular weight is 325 g/mol. The fourth-order valence-electron chi connectivity index (χ4n) is 2.48. The van der Waals surface area contributed by atoms with Gasteiger partial charge < -0.3 is 15.4 Å². The highest BCUT2D eigenvalue weighted by molar-refractivity contribution is 5.79. The summed E-state index contributed by atoms with van der Waals surface area (Å²) in [6, 6.07) is 18.9. The quantitative estimate of drug-likeness (QED) is 0.606. The minimum Gasteiger partial charge on any atom is -0.380 e. The third kappa shape index (κ3) is 5.70. The summed E-state index contributed by atoms with van der Waals surface area (Å²) in [6.45, 7) is 4.45. The van der Waals surface area contributed by atoms with E-state index in [0.717, 1.165) is 19.0 Å². The standard InChI is InChI=1S/C20H27N3O/c1-16(19-7-5-4-6-8-19)13-22-20(21-2)23-14-17-9-11-18(12-10-17)15-24-3/h4-12,16H,13-15H2,1-3H3,(H2,21,22,23). The molecule has 0 heterocycles. The zero-order valence-corrected chi connectivity index (χ0v) is 14.8. The first-order chi connectivity index (χ1) is 11.7. The average Bonchev–Trinajstić information content (AvgIpc) is 2.64. The van der Waals surface area contributed by atoms with Gasteiger partial charge in [-0.1, -0.05) is 61.5 Å².